The molecule has 0 aromatic heterocycles. The molecule has 0 fully saturated rings. The molecule has 0 bridgehead atoms. The van der Waals surface area contributed by atoms with Crippen molar-refractivity contribution in [3.05, 3.63) is 0 Å². The molecular formula is C12H26N2O6. The number of nitrogens with two attached hydrogens (primary N) is 2. The van der Waals surface area contributed by atoms with E-state index in [1.54, 1.807) is 0 Å². The highest BCUT2D eigenvalue weighted by molar-refractivity contribution is 5.88. The van der Waals surface area contributed by atoms with Gasteiger partial charge in [-0.15, -0.1) is 0 Å². The van der Waals surface area contributed by atoms with Crippen LogP contribution in [0.3, 0.4) is 0 Å². The van der Waals surface area contributed by atoms with Gasteiger partial charge in [0, 0.05) is 6.04 Å². The summed E-state index contributed by atoms with van der Waals surface area (Å²) >= 11 is 0. The minimum absolute atomic E-state index is 0.373. The molecule has 0 saturated carbocycles. The van der Waals surface area contributed by atoms with E-state index in [0.29, 0.717) is 19.4 Å². The van der Waals surface area contributed by atoms with Gasteiger partial charge in [-0.05, 0) is 19.4 Å². The predicted octanol–water partition coefficient (Wildman–Crippen LogP) is -3.16. The fourth-order valence-corrected chi connectivity index (χ4v) is 1.73. The van der Waals surface area contributed by atoms with Gasteiger partial charge in [-0.2, -0.15) is 0 Å². The van der Waals surface area contributed by atoms with Crippen LogP contribution in [0.1, 0.15) is 25.7 Å². The lowest BCUT2D eigenvalue weighted by molar-refractivity contribution is -0.149. The summed E-state index contributed by atoms with van der Waals surface area (Å²) in [6.07, 6.45) is -4.47. The van der Waals surface area contributed by atoms with Crippen molar-refractivity contribution in [1.29, 1.82) is 0 Å². The topological polar surface area (TPSA) is 170 Å². The van der Waals surface area contributed by atoms with Crippen LogP contribution in [0.2, 0.25) is 0 Å². The average molecular weight is 294 g/mol. The van der Waals surface area contributed by atoms with E-state index in [2.05, 4.69) is 0 Å². The number of unbranched alkanes of at least 4 members (excludes halogenated alkanes) is 2. The molecular weight excluding hydrogens is 268 g/mol. The molecule has 5 atom stereocenters. The zero-order chi connectivity index (χ0) is 15.7. The van der Waals surface area contributed by atoms with Gasteiger partial charge in [0.05, 0.1) is 6.61 Å². The second kappa shape index (κ2) is 10.2. The Bertz CT molecular complexity index is 279. The number of carbonyl (C=O) groups excluding carboxylic acids is 1. The Morgan fingerprint density at radius 1 is 1.00 bits per heavy atom. The minimum Gasteiger partial charge on any atom is -0.394 e. The van der Waals surface area contributed by atoms with Crippen LogP contribution in [-0.2, 0) is 4.79 Å². The van der Waals surface area contributed by atoms with Crippen molar-refractivity contribution in [3.63, 3.8) is 0 Å². The van der Waals surface area contributed by atoms with Crippen molar-refractivity contribution < 1.29 is 30.3 Å². The van der Waals surface area contributed by atoms with Crippen molar-refractivity contribution in [2.24, 2.45) is 11.5 Å². The number of carbonyl (C=O) groups is 1. The van der Waals surface area contributed by atoms with E-state index in [0.717, 1.165) is 12.8 Å². The first-order valence-corrected chi connectivity index (χ1v) is 6.69. The van der Waals surface area contributed by atoms with Crippen LogP contribution in [-0.4, -0.2) is 74.9 Å². The molecule has 0 radical (unpaired) electrons. The molecule has 0 spiro atoms. The normalized spacial score (nSPS) is 19.1. The first kappa shape index (κ1) is 19.4. The van der Waals surface area contributed by atoms with Gasteiger partial charge >= 0.3 is 0 Å². The fraction of sp³-hybridized carbons (Fsp3) is 0.917. The Balaban J connectivity index is 4.30. The molecule has 0 saturated heterocycles. The zero-order valence-electron chi connectivity index (χ0n) is 11.4. The Kier molecular flexibility index (Phi) is 9.86. The molecule has 0 rings (SSSR count). The van der Waals surface area contributed by atoms with Crippen LogP contribution in [0.5, 0.6) is 0 Å². The highest BCUT2D eigenvalue weighted by Crippen LogP contribution is 2.10. The van der Waals surface area contributed by atoms with E-state index in [1.165, 1.54) is 0 Å². The summed E-state index contributed by atoms with van der Waals surface area (Å²) in [7, 11) is 0. The van der Waals surface area contributed by atoms with Gasteiger partial charge in [-0.1, -0.05) is 12.8 Å². The van der Waals surface area contributed by atoms with E-state index in [1.807, 2.05) is 0 Å². The van der Waals surface area contributed by atoms with Crippen molar-refractivity contribution in [2.75, 3.05) is 13.2 Å². The summed E-state index contributed by atoms with van der Waals surface area (Å²) < 4.78 is 0. The molecule has 20 heavy (non-hydrogen) atoms. The molecule has 9 N–H and O–H groups in total. The number of aliphatic hydroxyl groups excluding tert-OH is 5. The molecule has 0 aliphatic carbocycles. The van der Waals surface area contributed by atoms with Crippen LogP contribution in [0.25, 0.3) is 0 Å². The molecule has 0 aliphatic heterocycles. The van der Waals surface area contributed by atoms with Crippen LogP contribution in [0.15, 0.2) is 0 Å². The Morgan fingerprint density at radius 3 is 2.10 bits per heavy atom. The maximum Gasteiger partial charge on any atom is 0.193 e. The van der Waals surface area contributed by atoms with Gasteiger partial charge < -0.3 is 37.0 Å². The zero-order valence-corrected chi connectivity index (χ0v) is 11.4. The molecule has 2 unspecified atom stereocenters. The van der Waals surface area contributed by atoms with Crippen LogP contribution in [0.4, 0.5) is 0 Å². The second-order valence-electron chi connectivity index (χ2n) is 4.83. The third-order valence-electron chi connectivity index (χ3n) is 3.13. The van der Waals surface area contributed by atoms with E-state index in [9.17, 15) is 20.1 Å². The molecule has 0 heterocycles. The van der Waals surface area contributed by atoms with Gasteiger partial charge in [0.1, 0.15) is 24.4 Å². The Labute approximate surface area is 118 Å². The largest absolute Gasteiger partial charge is 0.394 e. The summed E-state index contributed by atoms with van der Waals surface area (Å²) in [6.45, 7) is -0.257. The summed E-state index contributed by atoms with van der Waals surface area (Å²) in [4.78, 5) is 11.7. The number of aliphatic hydroxyl groups is 5. The number of rotatable bonds is 11. The molecule has 8 nitrogen and oxygen atoms in total. The summed E-state index contributed by atoms with van der Waals surface area (Å²) in [6, 6.07) is -0.867. The fourth-order valence-electron chi connectivity index (χ4n) is 1.73. The standard InChI is InChI=1S/C12H26N2O6/c13-5-3-1-2-4-7(14)9(17)11(19)12(20)10(18)8(16)6-15/h7-10,12,15-18,20H,1-6,13-14H2/t7?,8-,9?,10-,12+/m1/s1. The number of Topliss-reactive ketones (excluding diaryl/α,β-unsaturated/α-hetero) is 1. The monoisotopic (exact) mass is 294 g/mol. The second-order valence-corrected chi connectivity index (χ2v) is 4.83. The minimum atomic E-state index is -2.00. The van der Waals surface area contributed by atoms with Gasteiger partial charge in [-0.25, -0.2) is 0 Å². The van der Waals surface area contributed by atoms with Crippen LogP contribution < -0.4 is 11.5 Å². The lowest BCUT2D eigenvalue weighted by atomic mass is 9.94. The maximum absolute atomic E-state index is 11.7. The van der Waals surface area contributed by atoms with Crippen LogP contribution in [0, 0.1) is 0 Å². The maximum atomic E-state index is 11.7. The van der Waals surface area contributed by atoms with Crippen molar-refractivity contribution in [3.8, 4) is 0 Å². The van der Waals surface area contributed by atoms with Gasteiger partial charge in [0.25, 0.3) is 0 Å². The van der Waals surface area contributed by atoms with E-state index >= 15 is 0 Å². The number of ketones is 1. The molecule has 8 heteroatoms. The van der Waals surface area contributed by atoms with Gasteiger partial charge in [-0.3, -0.25) is 4.79 Å². The summed E-state index contributed by atoms with van der Waals surface area (Å²) in [5.74, 6) is -1.07. The molecule has 0 aromatic rings. The Hall–Kier alpha value is -0.610. The van der Waals surface area contributed by atoms with Crippen molar-refractivity contribution in [1.82, 2.24) is 0 Å². The quantitative estimate of drug-likeness (QED) is 0.196. The molecule has 0 aliphatic rings. The third-order valence-corrected chi connectivity index (χ3v) is 3.13. The van der Waals surface area contributed by atoms with E-state index in [4.69, 9.17) is 21.7 Å². The summed E-state index contributed by atoms with van der Waals surface area (Å²) in [5, 5.41) is 46.4. The van der Waals surface area contributed by atoms with E-state index < -0.39 is 42.8 Å². The van der Waals surface area contributed by atoms with Gasteiger partial charge in [0.15, 0.2) is 5.78 Å². The lowest BCUT2D eigenvalue weighted by Crippen LogP contribution is -2.51. The molecule has 120 valence electrons. The Morgan fingerprint density at radius 2 is 1.60 bits per heavy atom. The third kappa shape index (κ3) is 6.23. The first-order valence-electron chi connectivity index (χ1n) is 6.69. The smallest absolute Gasteiger partial charge is 0.193 e. The predicted molar refractivity (Wildman–Crippen MR) is 71.6 cm³/mol. The van der Waals surface area contributed by atoms with Crippen molar-refractivity contribution in [2.45, 2.75) is 56.1 Å². The first-order chi connectivity index (χ1) is 9.36. The highest BCUT2D eigenvalue weighted by atomic mass is 16.4. The molecule has 0 aromatic carbocycles. The van der Waals surface area contributed by atoms with Crippen molar-refractivity contribution >= 4 is 5.78 Å². The van der Waals surface area contributed by atoms with Gasteiger partial charge in [0.2, 0.25) is 0 Å². The van der Waals surface area contributed by atoms with E-state index in [-0.39, 0.29) is 0 Å². The average Bonchev–Trinajstić information content (AvgIpc) is 2.47. The summed E-state index contributed by atoms with van der Waals surface area (Å²) in [5.41, 5.74) is 11.0. The molecule has 0 amide bonds. The van der Waals surface area contributed by atoms with Crippen LogP contribution >= 0.6 is 0 Å². The highest BCUT2D eigenvalue weighted by Gasteiger charge is 2.35. The number of hydrogen-bond acceptors (Lipinski definition) is 8. The number of hydrogen-bond donors (Lipinski definition) is 7. The SMILES string of the molecule is NCCCCCC(N)C(O)C(=O)[C@@H](O)[C@H](O)[C@H](O)CO. The lowest BCUT2D eigenvalue weighted by Gasteiger charge is -2.25.